The summed E-state index contributed by atoms with van der Waals surface area (Å²) in [5.41, 5.74) is 1.24. The second-order valence-electron chi connectivity index (χ2n) is 8.60. The first-order valence-corrected chi connectivity index (χ1v) is 11.5. The maximum Gasteiger partial charge on any atom is 0.247 e. The van der Waals surface area contributed by atoms with Crippen molar-refractivity contribution in [3.63, 3.8) is 0 Å². The Morgan fingerprint density at radius 3 is 2.85 bits per heavy atom. The summed E-state index contributed by atoms with van der Waals surface area (Å²) in [5, 5.41) is 23.3. The van der Waals surface area contributed by atoms with Gasteiger partial charge >= 0.3 is 0 Å². The highest BCUT2D eigenvalue weighted by atomic mass is 16.5. The summed E-state index contributed by atoms with van der Waals surface area (Å²) < 4.78 is 17.0. The molecule has 2 heterocycles. The van der Waals surface area contributed by atoms with E-state index in [4.69, 9.17) is 14.2 Å². The number of carbonyl (C=O) groups excluding carboxylic acids is 2. The Labute approximate surface area is 193 Å². The largest absolute Gasteiger partial charge is 0.486 e. The van der Waals surface area contributed by atoms with Crippen molar-refractivity contribution >= 4 is 11.8 Å². The summed E-state index contributed by atoms with van der Waals surface area (Å²) in [4.78, 5) is 27.9. The normalized spacial score (nSPS) is 27.8. The van der Waals surface area contributed by atoms with Gasteiger partial charge in [0.05, 0.1) is 37.7 Å². The van der Waals surface area contributed by atoms with Gasteiger partial charge in [0.2, 0.25) is 11.8 Å². The maximum absolute atomic E-state index is 13.2. The Balaban J connectivity index is 1.70. The highest BCUT2D eigenvalue weighted by Gasteiger charge is 2.50. The Hall–Kier alpha value is -2.46. The number of aliphatic hydroxyl groups is 2. The minimum atomic E-state index is -1.04. The monoisotopic (exact) mass is 460 g/mol. The van der Waals surface area contributed by atoms with Crippen LogP contribution in [0.15, 0.2) is 35.9 Å². The van der Waals surface area contributed by atoms with E-state index < -0.39 is 24.2 Å². The lowest BCUT2D eigenvalue weighted by atomic mass is 9.77. The minimum absolute atomic E-state index is 0.107. The number of nitrogens with zero attached hydrogens (tertiary/aromatic N) is 1. The third-order valence-electron chi connectivity index (χ3n) is 6.50. The summed E-state index contributed by atoms with van der Waals surface area (Å²) in [6.07, 6.45) is 1.72. The van der Waals surface area contributed by atoms with Gasteiger partial charge in [-0.2, -0.15) is 0 Å². The van der Waals surface area contributed by atoms with Crippen molar-refractivity contribution in [1.82, 2.24) is 10.2 Å². The van der Waals surface area contributed by atoms with Gasteiger partial charge in [-0.3, -0.25) is 9.59 Å². The first-order valence-electron chi connectivity index (χ1n) is 11.5. The van der Waals surface area contributed by atoms with E-state index in [0.29, 0.717) is 24.5 Å². The second kappa shape index (κ2) is 10.6. The van der Waals surface area contributed by atoms with Crippen molar-refractivity contribution < 1.29 is 34.0 Å². The van der Waals surface area contributed by atoms with E-state index in [9.17, 15) is 19.8 Å². The average Bonchev–Trinajstić information content (AvgIpc) is 3.48. The number of aliphatic hydroxyl groups excluding tert-OH is 2. The van der Waals surface area contributed by atoms with Crippen molar-refractivity contribution in [2.45, 2.75) is 49.5 Å². The average molecular weight is 461 g/mol. The van der Waals surface area contributed by atoms with Crippen LogP contribution in [0.5, 0.6) is 5.75 Å². The van der Waals surface area contributed by atoms with Gasteiger partial charge < -0.3 is 34.6 Å². The fourth-order valence-electron chi connectivity index (χ4n) is 4.92. The first kappa shape index (κ1) is 23.7. The molecule has 2 amide bonds. The number of rotatable bonds is 9. The Morgan fingerprint density at radius 1 is 1.30 bits per heavy atom. The number of benzene rings is 1. The van der Waals surface area contributed by atoms with Gasteiger partial charge in [0.25, 0.3) is 0 Å². The predicted octanol–water partition coefficient (Wildman–Crippen LogP) is 0.353. The molecule has 9 nitrogen and oxygen atoms in total. The number of fused-ring (bicyclic) bond motifs is 3. The molecule has 0 bridgehead atoms. The SMILES string of the molecule is COCCC(=O)N(CC1CCCO1)C1C=C(C(=O)NCCO)C2c3ccccc3OC2C1O. The molecule has 3 aliphatic rings. The number of methoxy groups -OCH3 is 1. The van der Waals surface area contributed by atoms with Crippen molar-refractivity contribution in [2.24, 2.45) is 0 Å². The summed E-state index contributed by atoms with van der Waals surface area (Å²) in [6.45, 7) is 1.14. The van der Waals surface area contributed by atoms with Crippen LogP contribution in [-0.2, 0) is 19.1 Å². The molecule has 1 saturated heterocycles. The second-order valence-corrected chi connectivity index (χ2v) is 8.60. The van der Waals surface area contributed by atoms with Crippen molar-refractivity contribution in [1.29, 1.82) is 0 Å². The molecule has 1 aromatic carbocycles. The lowest BCUT2D eigenvalue weighted by molar-refractivity contribution is -0.140. The van der Waals surface area contributed by atoms with Crippen molar-refractivity contribution in [2.75, 3.05) is 40.0 Å². The molecule has 3 N–H and O–H groups in total. The molecule has 1 aliphatic carbocycles. The lowest BCUT2D eigenvalue weighted by Crippen LogP contribution is -2.57. The molecule has 1 fully saturated rings. The molecule has 1 aromatic rings. The summed E-state index contributed by atoms with van der Waals surface area (Å²) in [6, 6.07) is 6.64. The zero-order chi connectivity index (χ0) is 23.4. The highest BCUT2D eigenvalue weighted by molar-refractivity contribution is 5.96. The summed E-state index contributed by atoms with van der Waals surface area (Å²) in [5.74, 6) is -0.386. The zero-order valence-corrected chi connectivity index (χ0v) is 18.8. The van der Waals surface area contributed by atoms with E-state index in [1.807, 2.05) is 24.3 Å². The molecule has 180 valence electrons. The number of carbonyl (C=O) groups is 2. The van der Waals surface area contributed by atoms with Gasteiger partial charge in [0, 0.05) is 37.9 Å². The molecule has 0 spiro atoms. The highest BCUT2D eigenvalue weighted by Crippen LogP contribution is 2.47. The van der Waals surface area contributed by atoms with Crippen LogP contribution in [0, 0.1) is 0 Å². The summed E-state index contributed by atoms with van der Waals surface area (Å²) in [7, 11) is 1.53. The molecule has 33 heavy (non-hydrogen) atoms. The number of hydrogen-bond donors (Lipinski definition) is 3. The number of para-hydroxylation sites is 1. The van der Waals surface area contributed by atoms with E-state index in [0.717, 1.165) is 18.4 Å². The number of amides is 2. The number of hydrogen-bond acceptors (Lipinski definition) is 7. The predicted molar refractivity (Wildman–Crippen MR) is 119 cm³/mol. The van der Waals surface area contributed by atoms with E-state index in [1.54, 1.807) is 11.0 Å². The Bertz CT molecular complexity index is 883. The molecule has 0 saturated carbocycles. The topological polar surface area (TPSA) is 118 Å². The molecule has 9 heteroatoms. The fourth-order valence-corrected chi connectivity index (χ4v) is 4.92. The smallest absolute Gasteiger partial charge is 0.247 e. The van der Waals surface area contributed by atoms with Gasteiger partial charge in [-0.15, -0.1) is 0 Å². The fraction of sp³-hybridized carbons (Fsp3) is 0.583. The zero-order valence-electron chi connectivity index (χ0n) is 18.8. The van der Waals surface area contributed by atoms with Gasteiger partial charge in [-0.05, 0) is 25.0 Å². The molecular weight excluding hydrogens is 428 g/mol. The molecular formula is C24H32N2O7. The molecule has 4 rings (SSSR count). The van der Waals surface area contributed by atoms with Crippen LogP contribution in [0.4, 0.5) is 0 Å². The van der Waals surface area contributed by atoms with Gasteiger partial charge in [-0.25, -0.2) is 0 Å². The van der Waals surface area contributed by atoms with Gasteiger partial charge in [0.15, 0.2) is 0 Å². The van der Waals surface area contributed by atoms with E-state index in [-0.39, 0.29) is 44.1 Å². The Kier molecular flexibility index (Phi) is 7.64. The van der Waals surface area contributed by atoms with Gasteiger partial charge in [-0.1, -0.05) is 18.2 Å². The molecule has 0 radical (unpaired) electrons. The van der Waals surface area contributed by atoms with Crippen molar-refractivity contribution in [3.8, 4) is 5.75 Å². The van der Waals surface area contributed by atoms with Crippen LogP contribution < -0.4 is 10.1 Å². The van der Waals surface area contributed by atoms with E-state index in [1.165, 1.54) is 7.11 Å². The minimum Gasteiger partial charge on any atom is -0.486 e. The lowest BCUT2D eigenvalue weighted by Gasteiger charge is -2.41. The van der Waals surface area contributed by atoms with Crippen LogP contribution in [0.1, 0.15) is 30.7 Å². The van der Waals surface area contributed by atoms with Crippen LogP contribution >= 0.6 is 0 Å². The molecule has 2 aliphatic heterocycles. The van der Waals surface area contributed by atoms with E-state index >= 15 is 0 Å². The van der Waals surface area contributed by atoms with Crippen LogP contribution in [0.3, 0.4) is 0 Å². The number of nitrogens with one attached hydrogen (secondary N) is 1. The van der Waals surface area contributed by atoms with Crippen molar-refractivity contribution in [3.05, 3.63) is 41.5 Å². The third kappa shape index (κ3) is 4.91. The third-order valence-corrected chi connectivity index (χ3v) is 6.50. The standard InChI is InChI=1S/C24H32N2O7/c1-31-12-8-20(28)26(14-15-5-4-11-32-15)18-13-17(24(30)25-9-10-27)21-16-6-2-3-7-19(16)33-23(21)22(18)29/h2-3,6-7,13,15,18,21-23,27,29H,4-5,8-12,14H2,1H3,(H,25,30). The van der Waals surface area contributed by atoms with Gasteiger partial charge in [0.1, 0.15) is 18.0 Å². The van der Waals surface area contributed by atoms with Crippen LogP contribution in [-0.4, -0.2) is 91.3 Å². The molecule has 5 atom stereocenters. The summed E-state index contributed by atoms with van der Waals surface area (Å²) >= 11 is 0. The van der Waals surface area contributed by atoms with Crippen LogP contribution in [0.25, 0.3) is 0 Å². The first-order chi connectivity index (χ1) is 16.0. The quantitative estimate of drug-likeness (QED) is 0.487. The Morgan fingerprint density at radius 2 is 2.12 bits per heavy atom. The number of ether oxygens (including phenoxy) is 3. The molecule has 0 aromatic heterocycles. The maximum atomic E-state index is 13.2. The molecule has 5 unspecified atom stereocenters. The van der Waals surface area contributed by atoms with E-state index in [2.05, 4.69) is 5.32 Å². The van der Waals surface area contributed by atoms with Crippen LogP contribution in [0.2, 0.25) is 0 Å².